The Kier molecular flexibility index (Phi) is 6.26. The Hall–Kier alpha value is -2.54. The summed E-state index contributed by atoms with van der Waals surface area (Å²) < 4.78 is 35.8. The Labute approximate surface area is 154 Å². The molecule has 0 bridgehead atoms. The van der Waals surface area contributed by atoms with E-state index in [0.717, 1.165) is 12.0 Å². The largest absolute Gasteiger partial charge is 0.493 e. The Morgan fingerprint density at radius 1 is 1.04 bits per heavy atom. The van der Waals surface area contributed by atoms with Gasteiger partial charge in [0.15, 0.2) is 0 Å². The van der Waals surface area contributed by atoms with E-state index >= 15 is 0 Å². The van der Waals surface area contributed by atoms with Gasteiger partial charge in [0.05, 0.1) is 6.61 Å². The van der Waals surface area contributed by atoms with Crippen LogP contribution in [0.15, 0.2) is 47.4 Å². The molecule has 2 rings (SSSR count). The number of nitrogens with zero attached hydrogens (tertiary/aromatic N) is 1. The Balaban J connectivity index is 2.23. The molecular formula is C19H23NO5S. The van der Waals surface area contributed by atoms with Crippen molar-refractivity contribution in [3.05, 3.63) is 53.6 Å². The first kappa shape index (κ1) is 19.8. The molecule has 2 aromatic carbocycles. The van der Waals surface area contributed by atoms with Gasteiger partial charge in [-0.25, -0.2) is 0 Å². The van der Waals surface area contributed by atoms with Crippen LogP contribution in [-0.4, -0.2) is 39.9 Å². The zero-order chi connectivity index (χ0) is 19.3. The van der Waals surface area contributed by atoms with Gasteiger partial charge in [0.25, 0.3) is 5.91 Å². The van der Waals surface area contributed by atoms with Crippen molar-refractivity contribution >= 4 is 16.0 Å². The molecule has 0 unspecified atom stereocenters. The van der Waals surface area contributed by atoms with Gasteiger partial charge in [-0.15, -0.1) is 0 Å². The molecule has 26 heavy (non-hydrogen) atoms. The molecule has 7 heteroatoms. The second-order valence-electron chi connectivity index (χ2n) is 6.09. The predicted octanol–water partition coefficient (Wildman–Crippen LogP) is 3.25. The number of rotatable bonds is 7. The van der Waals surface area contributed by atoms with E-state index in [1.165, 1.54) is 29.2 Å². The molecule has 0 aliphatic heterocycles. The van der Waals surface area contributed by atoms with E-state index in [9.17, 15) is 13.2 Å². The minimum Gasteiger partial charge on any atom is -0.493 e. The number of benzene rings is 2. The van der Waals surface area contributed by atoms with Crippen LogP contribution >= 0.6 is 0 Å². The second kappa shape index (κ2) is 8.23. The summed E-state index contributed by atoms with van der Waals surface area (Å²) in [5.74, 6) is 0.541. The fraction of sp³-hybridized carbons (Fsp3) is 0.316. The lowest BCUT2D eigenvalue weighted by molar-refractivity contribution is 0.0827. The standard InChI is InChI=1S/C19H23NO5S/c1-5-10-24-16-11-14(2)12-17(13-16)25-26(22,23)18-8-6-15(7-9-18)19(21)20(3)4/h6-9,11-13H,5,10H2,1-4H3. The van der Waals surface area contributed by atoms with Crippen LogP contribution in [-0.2, 0) is 10.1 Å². The van der Waals surface area contributed by atoms with Crippen LogP contribution in [0.1, 0.15) is 29.3 Å². The number of carbonyl (C=O) groups excluding carboxylic acids is 1. The van der Waals surface area contributed by atoms with Gasteiger partial charge in [-0.2, -0.15) is 8.42 Å². The van der Waals surface area contributed by atoms with Crippen LogP contribution in [0, 0.1) is 6.92 Å². The first-order valence-electron chi connectivity index (χ1n) is 8.23. The number of amides is 1. The fourth-order valence-electron chi connectivity index (χ4n) is 2.26. The topological polar surface area (TPSA) is 72.9 Å². The zero-order valence-electron chi connectivity index (χ0n) is 15.4. The quantitative estimate of drug-likeness (QED) is 0.693. The van der Waals surface area contributed by atoms with Gasteiger partial charge in [0.2, 0.25) is 0 Å². The Bertz CT molecular complexity index is 873. The monoisotopic (exact) mass is 377 g/mol. The number of carbonyl (C=O) groups is 1. The average Bonchev–Trinajstić information content (AvgIpc) is 2.58. The van der Waals surface area contributed by atoms with Gasteiger partial charge in [0.1, 0.15) is 16.4 Å². The van der Waals surface area contributed by atoms with Crippen molar-refractivity contribution in [2.45, 2.75) is 25.2 Å². The van der Waals surface area contributed by atoms with E-state index in [2.05, 4.69) is 0 Å². The van der Waals surface area contributed by atoms with Crippen molar-refractivity contribution in [3.63, 3.8) is 0 Å². The van der Waals surface area contributed by atoms with E-state index < -0.39 is 10.1 Å². The maximum absolute atomic E-state index is 12.5. The van der Waals surface area contributed by atoms with E-state index in [4.69, 9.17) is 8.92 Å². The Morgan fingerprint density at radius 3 is 2.23 bits per heavy atom. The van der Waals surface area contributed by atoms with Crippen LogP contribution in [0.2, 0.25) is 0 Å². The predicted molar refractivity (Wildman–Crippen MR) is 99.2 cm³/mol. The number of hydrogen-bond acceptors (Lipinski definition) is 5. The van der Waals surface area contributed by atoms with Crippen LogP contribution in [0.3, 0.4) is 0 Å². The molecule has 1 amide bonds. The number of hydrogen-bond donors (Lipinski definition) is 0. The molecule has 0 aromatic heterocycles. The molecular weight excluding hydrogens is 354 g/mol. The molecule has 0 aliphatic rings. The number of aryl methyl sites for hydroxylation is 1. The van der Waals surface area contributed by atoms with Crippen LogP contribution in [0.25, 0.3) is 0 Å². The van der Waals surface area contributed by atoms with Gasteiger partial charge in [-0.3, -0.25) is 4.79 Å². The fourth-order valence-corrected chi connectivity index (χ4v) is 3.18. The summed E-state index contributed by atoms with van der Waals surface area (Å²) >= 11 is 0. The van der Waals surface area contributed by atoms with E-state index in [-0.39, 0.29) is 16.6 Å². The molecule has 6 nitrogen and oxygen atoms in total. The molecule has 0 aliphatic carbocycles. The summed E-state index contributed by atoms with van der Waals surface area (Å²) in [6.45, 7) is 4.36. The van der Waals surface area contributed by atoms with Crippen LogP contribution < -0.4 is 8.92 Å². The summed E-state index contributed by atoms with van der Waals surface area (Å²) in [4.78, 5) is 13.3. The highest BCUT2D eigenvalue weighted by molar-refractivity contribution is 7.87. The maximum Gasteiger partial charge on any atom is 0.339 e. The number of ether oxygens (including phenoxy) is 1. The van der Waals surface area contributed by atoms with Crippen molar-refractivity contribution in [2.75, 3.05) is 20.7 Å². The lowest BCUT2D eigenvalue weighted by Crippen LogP contribution is -2.21. The van der Waals surface area contributed by atoms with E-state index in [0.29, 0.717) is 17.9 Å². The zero-order valence-corrected chi connectivity index (χ0v) is 16.2. The van der Waals surface area contributed by atoms with Crippen LogP contribution in [0.4, 0.5) is 0 Å². The molecule has 140 valence electrons. The van der Waals surface area contributed by atoms with Crippen molar-refractivity contribution in [1.82, 2.24) is 4.90 Å². The molecule has 0 spiro atoms. The van der Waals surface area contributed by atoms with Gasteiger partial charge in [-0.05, 0) is 55.3 Å². The normalized spacial score (nSPS) is 11.1. The lowest BCUT2D eigenvalue weighted by Gasteiger charge is -2.12. The molecule has 0 saturated heterocycles. The highest BCUT2D eigenvalue weighted by Crippen LogP contribution is 2.26. The molecule has 2 aromatic rings. The highest BCUT2D eigenvalue weighted by atomic mass is 32.2. The summed E-state index contributed by atoms with van der Waals surface area (Å²) in [6.07, 6.45) is 0.848. The van der Waals surface area contributed by atoms with Gasteiger partial charge >= 0.3 is 10.1 Å². The summed E-state index contributed by atoms with van der Waals surface area (Å²) in [7, 11) is -0.749. The Morgan fingerprint density at radius 2 is 1.65 bits per heavy atom. The SMILES string of the molecule is CCCOc1cc(C)cc(OS(=O)(=O)c2ccc(C(=O)N(C)C)cc2)c1. The average molecular weight is 377 g/mol. The third-order valence-corrected chi connectivity index (χ3v) is 4.76. The summed E-state index contributed by atoms with van der Waals surface area (Å²) in [5.41, 5.74) is 1.23. The van der Waals surface area contributed by atoms with Crippen LogP contribution in [0.5, 0.6) is 11.5 Å². The third-order valence-electron chi connectivity index (χ3n) is 3.50. The minimum atomic E-state index is -4.01. The molecule has 0 atom stereocenters. The smallest absolute Gasteiger partial charge is 0.339 e. The van der Waals surface area contributed by atoms with E-state index in [1.54, 1.807) is 26.2 Å². The van der Waals surface area contributed by atoms with Gasteiger partial charge in [-0.1, -0.05) is 6.92 Å². The van der Waals surface area contributed by atoms with Crippen molar-refractivity contribution < 1.29 is 22.1 Å². The molecule has 0 N–H and O–H groups in total. The maximum atomic E-state index is 12.5. The van der Waals surface area contributed by atoms with E-state index in [1.807, 2.05) is 19.9 Å². The summed E-state index contributed by atoms with van der Waals surface area (Å²) in [6, 6.07) is 10.6. The molecule has 0 radical (unpaired) electrons. The van der Waals surface area contributed by atoms with Gasteiger partial charge < -0.3 is 13.8 Å². The minimum absolute atomic E-state index is 0.0228. The van der Waals surface area contributed by atoms with Crippen molar-refractivity contribution in [2.24, 2.45) is 0 Å². The summed E-state index contributed by atoms with van der Waals surface area (Å²) in [5, 5.41) is 0. The lowest BCUT2D eigenvalue weighted by atomic mass is 10.2. The first-order chi connectivity index (χ1) is 12.2. The van der Waals surface area contributed by atoms with Crippen molar-refractivity contribution in [3.8, 4) is 11.5 Å². The second-order valence-corrected chi connectivity index (χ2v) is 7.64. The molecule has 0 heterocycles. The molecule has 0 saturated carbocycles. The first-order valence-corrected chi connectivity index (χ1v) is 9.64. The highest BCUT2D eigenvalue weighted by Gasteiger charge is 2.18. The van der Waals surface area contributed by atoms with Gasteiger partial charge in [0, 0.05) is 25.7 Å². The van der Waals surface area contributed by atoms with Crippen molar-refractivity contribution in [1.29, 1.82) is 0 Å². The molecule has 0 fully saturated rings. The third kappa shape index (κ3) is 4.98.